The third-order valence-corrected chi connectivity index (χ3v) is 2.16. The predicted molar refractivity (Wildman–Crippen MR) is 34.9 cm³/mol. The lowest BCUT2D eigenvalue weighted by Crippen LogP contribution is -2.31. The summed E-state index contributed by atoms with van der Waals surface area (Å²) in [5.74, 6) is -4.45. The normalized spacial score (nSPS) is 33.2. The number of carboxylic acid groups (broad SMARTS) is 1. The van der Waals surface area contributed by atoms with Gasteiger partial charge in [0.15, 0.2) is 0 Å². The van der Waals surface area contributed by atoms with Gasteiger partial charge in [-0.25, -0.2) is 8.78 Å². The highest BCUT2D eigenvalue weighted by Crippen LogP contribution is 2.46. The summed E-state index contributed by atoms with van der Waals surface area (Å²) < 4.78 is 25.1. The molecule has 1 aliphatic carbocycles. The number of aldehydes is 1. The van der Waals surface area contributed by atoms with Crippen molar-refractivity contribution in [2.75, 3.05) is 0 Å². The molecule has 0 saturated heterocycles. The Morgan fingerprint density at radius 3 is 2.17 bits per heavy atom. The van der Waals surface area contributed by atoms with Crippen LogP contribution in [0.25, 0.3) is 0 Å². The molecule has 1 atom stereocenters. The van der Waals surface area contributed by atoms with Crippen molar-refractivity contribution in [3.8, 4) is 0 Å². The summed E-state index contributed by atoms with van der Waals surface area (Å²) >= 11 is 0. The first-order chi connectivity index (χ1) is 5.42. The molecule has 0 amide bonds. The summed E-state index contributed by atoms with van der Waals surface area (Å²) in [5, 5.41) is 8.53. The van der Waals surface area contributed by atoms with Gasteiger partial charge in [0.25, 0.3) is 0 Å². The summed E-state index contributed by atoms with van der Waals surface area (Å²) in [6, 6.07) is 0. The molecule has 0 aliphatic heterocycles. The molecule has 1 fully saturated rings. The van der Waals surface area contributed by atoms with Crippen LogP contribution in [0.4, 0.5) is 8.78 Å². The van der Waals surface area contributed by atoms with Crippen molar-refractivity contribution in [2.24, 2.45) is 5.41 Å². The fourth-order valence-corrected chi connectivity index (χ4v) is 1.38. The van der Waals surface area contributed by atoms with Crippen LogP contribution in [-0.4, -0.2) is 23.3 Å². The van der Waals surface area contributed by atoms with Gasteiger partial charge in [0.05, 0.1) is 0 Å². The zero-order chi connectivity index (χ0) is 9.41. The average Bonchev–Trinajstić information content (AvgIpc) is 2.27. The van der Waals surface area contributed by atoms with E-state index >= 15 is 0 Å². The highest BCUT2D eigenvalue weighted by Gasteiger charge is 2.54. The minimum Gasteiger partial charge on any atom is -0.481 e. The van der Waals surface area contributed by atoms with Crippen molar-refractivity contribution in [3.05, 3.63) is 0 Å². The minimum atomic E-state index is -3.00. The van der Waals surface area contributed by atoms with Crippen molar-refractivity contribution in [3.63, 3.8) is 0 Å². The van der Waals surface area contributed by atoms with E-state index in [1.54, 1.807) is 0 Å². The van der Waals surface area contributed by atoms with Crippen molar-refractivity contribution < 1.29 is 23.5 Å². The Morgan fingerprint density at radius 1 is 1.42 bits per heavy atom. The van der Waals surface area contributed by atoms with E-state index in [4.69, 9.17) is 5.11 Å². The summed E-state index contributed by atoms with van der Waals surface area (Å²) in [5.41, 5.74) is -1.84. The van der Waals surface area contributed by atoms with Crippen molar-refractivity contribution in [1.82, 2.24) is 0 Å². The molecule has 1 aliphatic rings. The predicted octanol–water partition coefficient (Wildman–Crippen LogP) is 1.08. The number of rotatable bonds is 2. The lowest BCUT2D eigenvalue weighted by molar-refractivity contribution is -0.152. The maximum atomic E-state index is 12.6. The third-order valence-electron chi connectivity index (χ3n) is 2.16. The molecule has 0 aromatic rings. The van der Waals surface area contributed by atoms with Crippen molar-refractivity contribution >= 4 is 12.3 Å². The van der Waals surface area contributed by atoms with E-state index in [0.29, 0.717) is 0 Å². The van der Waals surface area contributed by atoms with Crippen molar-refractivity contribution in [2.45, 2.75) is 25.2 Å². The number of carboxylic acids is 1. The molecule has 68 valence electrons. The number of carbonyl (C=O) groups is 2. The first-order valence-corrected chi connectivity index (χ1v) is 3.49. The van der Waals surface area contributed by atoms with Crippen LogP contribution in [-0.2, 0) is 9.59 Å². The van der Waals surface area contributed by atoms with Crippen LogP contribution in [0, 0.1) is 5.41 Å². The van der Waals surface area contributed by atoms with Crippen LogP contribution in [0.3, 0.4) is 0 Å². The van der Waals surface area contributed by atoms with Gasteiger partial charge in [0.1, 0.15) is 11.7 Å². The number of halogens is 2. The maximum Gasteiger partial charge on any atom is 0.317 e. The highest BCUT2D eigenvalue weighted by atomic mass is 19.3. The van der Waals surface area contributed by atoms with Gasteiger partial charge in [0, 0.05) is 12.8 Å². The van der Waals surface area contributed by atoms with Crippen LogP contribution in [0.2, 0.25) is 0 Å². The van der Waals surface area contributed by atoms with Gasteiger partial charge in [-0.3, -0.25) is 4.79 Å². The molecule has 0 aromatic carbocycles. The lowest BCUT2D eigenvalue weighted by atomic mass is 9.88. The van der Waals surface area contributed by atoms with E-state index in [-0.39, 0.29) is 12.7 Å². The molecular formula is C7H8F2O3. The summed E-state index contributed by atoms with van der Waals surface area (Å²) in [7, 11) is 0. The van der Waals surface area contributed by atoms with E-state index in [1.807, 2.05) is 0 Å². The van der Waals surface area contributed by atoms with Crippen LogP contribution in [0.15, 0.2) is 0 Å². The second-order valence-electron chi connectivity index (χ2n) is 3.11. The molecule has 3 nitrogen and oxygen atoms in total. The Bertz CT molecular complexity index is 227. The lowest BCUT2D eigenvalue weighted by Gasteiger charge is -2.15. The summed E-state index contributed by atoms with van der Waals surface area (Å²) in [6.45, 7) is 0. The second kappa shape index (κ2) is 2.50. The van der Waals surface area contributed by atoms with E-state index < -0.39 is 30.1 Å². The molecule has 0 radical (unpaired) electrons. The molecule has 0 spiro atoms. The molecule has 0 bridgehead atoms. The zero-order valence-electron chi connectivity index (χ0n) is 6.22. The Morgan fingerprint density at radius 2 is 2.00 bits per heavy atom. The van der Waals surface area contributed by atoms with Gasteiger partial charge < -0.3 is 9.90 Å². The molecule has 0 aromatic heterocycles. The van der Waals surface area contributed by atoms with Crippen LogP contribution >= 0.6 is 0 Å². The molecule has 5 heteroatoms. The van der Waals surface area contributed by atoms with E-state index in [1.165, 1.54) is 0 Å². The van der Waals surface area contributed by atoms with Gasteiger partial charge in [0.2, 0.25) is 5.92 Å². The fraction of sp³-hybridized carbons (Fsp3) is 0.714. The van der Waals surface area contributed by atoms with Crippen LogP contribution in [0.1, 0.15) is 19.3 Å². The largest absolute Gasteiger partial charge is 0.481 e. The SMILES string of the molecule is O=C[C@]1(C(=O)O)CCC(F)(F)C1. The van der Waals surface area contributed by atoms with Crippen LogP contribution < -0.4 is 0 Å². The minimum absolute atomic E-state index is 0.121. The van der Waals surface area contributed by atoms with Gasteiger partial charge in [-0.15, -0.1) is 0 Å². The van der Waals surface area contributed by atoms with Gasteiger partial charge >= 0.3 is 5.97 Å². The zero-order valence-corrected chi connectivity index (χ0v) is 6.22. The molecular weight excluding hydrogens is 170 g/mol. The quantitative estimate of drug-likeness (QED) is 0.508. The van der Waals surface area contributed by atoms with Crippen LogP contribution in [0.5, 0.6) is 0 Å². The average molecular weight is 178 g/mol. The molecule has 0 heterocycles. The summed E-state index contributed by atoms with van der Waals surface area (Å²) in [6.07, 6.45) is -1.52. The Kier molecular flexibility index (Phi) is 1.89. The first kappa shape index (κ1) is 9.09. The van der Waals surface area contributed by atoms with Gasteiger partial charge in [-0.1, -0.05) is 0 Å². The molecule has 1 rings (SSSR count). The standard InChI is InChI=1S/C7H8F2O3/c8-7(9)2-1-6(3-7,4-10)5(11)12/h4H,1-3H2,(H,11,12)/t6-/m0/s1. The second-order valence-corrected chi connectivity index (χ2v) is 3.11. The third kappa shape index (κ3) is 1.31. The smallest absolute Gasteiger partial charge is 0.317 e. The summed E-state index contributed by atoms with van der Waals surface area (Å²) in [4.78, 5) is 20.8. The highest BCUT2D eigenvalue weighted by molar-refractivity contribution is 5.92. The number of hydrogen-bond acceptors (Lipinski definition) is 2. The Labute approximate surface area is 67.4 Å². The monoisotopic (exact) mass is 178 g/mol. The molecule has 1 N–H and O–H groups in total. The molecule has 12 heavy (non-hydrogen) atoms. The molecule has 1 saturated carbocycles. The van der Waals surface area contributed by atoms with Gasteiger partial charge in [-0.05, 0) is 6.42 Å². The van der Waals surface area contributed by atoms with E-state index in [0.717, 1.165) is 0 Å². The number of hydrogen-bond donors (Lipinski definition) is 1. The number of carbonyl (C=O) groups excluding carboxylic acids is 1. The topological polar surface area (TPSA) is 54.4 Å². The van der Waals surface area contributed by atoms with Gasteiger partial charge in [-0.2, -0.15) is 0 Å². The van der Waals surface area contributed by atoms with E-state index in [2.05, 4.69) is 0 Å². The van der Waals surface area contributed by atoms with E-state index in [9.17, 15) is 18.4 Å². The first-order valence-electron chi connectivity index (χ1n) is 3.49. The fourth-order valence-electron chi connectivity index (χ4n) is 1.38. The maximum absolute atomic E-state index is 12.6. The van der Waals surface area contributed by atoms with Crippen molar-refractivity contribution in [1.29, 1.82) is 0 Å². The number of alkyl halides is 2. The Balaban J connectivity index is 2.87. The Hall–Kier alpha value is -1.00. The number of aliphatic carboxylic acids is 1. The molecule has 0 unspecified atom stereocenters.